The summed E-state index contributed by atoms with van der Waals surface area (Å²) < 4.78 is 46.0. The lowest BCUT2D eigenvalue weighted by atomic mass is 9.87. The van der Waals surface area contributed by atoms with Gasteiger partial charge < -0.3 is 4.42 Å². The first kappa shape index (κ1) is 14.5. The van der Waals surface area contributed by atoms with Crippen LogP contribution in [0.25, 0.3) is 44.5 Å². The molecular weight excluding hydrogens is 380 g/mol. The van der Waals surface area contributed by atoms with E-state index < -0.39 is 18.6 Å². The van der Waals surface area contributed by atoms with Crippen LogP contribution in [0.5, 0.6) is 0 Å². The maximum atomic E-state index is 8.52. The molecule has 0 saturated heterocycles. The number of pyridine rings is 2. The number of aryl methyl sites for hydroxylation is 1. The van der Waals surface area contributed by atoms with Gasteiger partial charge in [0.2, 0.25) is 5.71 Å². The Balaban J connectivity index is 1.56. The van der Waals surface area contributed by atoms with Gasteiger partial charge in [-0.25, -0.2) is 4.98 Å². The van der Waals surface area contributed by atoms with Gasteiger partial charge in [0.05, 0.1) is 5.69 Å². The molecule has 31 heavy (non-hydrogen) atoms. The first-order valence-corrected chi connectivity index (χ1v) is 10.3. The zero-order valence-electron chi connectivity index (χ0n) is 22.7. The van der Waals surface area contributed by atoms with Gasteiger partial charge in [0.1, 0.15) is 5.58 Å². The van der Waals surface area contributed by atoms with E-state index in [1.54, 1.807) is 12.3 Å². The Morgan fingerprint density at radius 1 is 0.935 bits per heavy atom. The molecule has 0 spiro atoms. The monoisotopic (exact) mass is 411 g/mol. The molecule has 0 aliphatic rings. The summed E-state index contributed by atoms with van der Waals surface area (Å²) in [5, 5.41) is 1.59. The topological polar surface area (TPSA) is 38.9 Å². The van der Waals surface area contributed by atoms with E-state index in [0.717, 1.165) is 27.5 Å². The van der Waals surface area contributed by atoms with Crippen LogP contribution in [0.3, 0.4) is 0 Å². The molecule has 0 N–H and O–H groups in total. The van der Waals surface area contributed by atoms with Crippen molar-refractivity contribution in [2.24, 2.45) is 5.41 Å². The molecule has 0 amide bonds. The Morgan fingerprint density at radius 3 is 2.55 bits per heavy atom. The Bertz CT molecular complexity index is 1580. The molecule has 0 atom stereocenters. The molecule has 0 fully saturated rings. The number of nitrogens with zero attached hydrogens (tertiary/aromatic N) is 2. The van der Waals surface area contributed by atoms with Crippen LogP contribution in [0.2, 0.25) is 0 Å². The van der Waals surface area contributed by atoms with Gasteiger partial charge in [-0.15, -0.1) is 0 Å². The molecule has 0 unspecified atom stereocenters. The van der Waals surface area contributed by atoms with E-state index in [1.165, 1.54) is 6.07 Å². The molecule has 0 bridgehead atoms. The van der Waals surface area contributed by atoms with Crippen LogP contribution in [0.1, 0.15) is 38.9 Å². The quantitative estimate of drug-likeness (QED) is 0.307. The van der Waals surface area contributed by atoms with Crippen molar-refractivity contribution >= 4 is 22.1 Å². The lowest BCUT2D eigenvalue weighted by Gasteiger charge is -2.18. The maximum absolute atomic E-state index is 8.52. The zero-order valence-corrected chi connectivity index (χ0v) is 17.7. The fourth-order valence-corrected chi connectivity index (χ4v) is 3.82. The van der Waals surface area contributed by atoms with Crippen LogP contribution in [0, 0.1) is 12.3 Å². The van der Waals surface area contributed by atoms with Crippen LogP contribution in [0.4, 0.5) is 0 Å². The molecule has 5 aromatic rings. The predicted molar refractivity (Wildman–Crippen MR) is 128 cm³/mol. The van der Waals surface area contributed by atoms with E-state index in [1.807, 2.05) is 75.4 Å². The summed E-state index contributed by atoms with van der Waals surface area (Å²) >= 11 is 0. The highest BCUT2D eigenvalue weighted by molar-refractivity contribution is 6.08. The van der Waals surface area contributed by atoms with E-state index in [2.05, 4.69) is 9.97 Å². The van der Waals surface area contributed by atoms with Crippen molar-refractivity contribution in [2.45, 2.75) is 34.0 Å². The number of para-hydroxylation sites is 1. The minimum absolute atomic E-state index is 0.00462. The number of furan rings is 1. The minimum atomic E-state index is -2.31. The lowest BCUT2D eigenvalue weighted by Crippen LogP contribution is -2.08. The van der Waals surface area contributed by atoms with Crippen molar-refractivity contribution in [1.29, 1.82) is 0 Å². The molecule has 0 saturated carbocycles. The van der Waals surface area contributed by atoms with Crippen LogP contribution >= 0.6 is 0 Å². The molecule has 2 aromatic carbocycles. The minimum Gasteiger partial charge on any atom is -0.437 e. The molecule has 0 radical (unpaired) electrons. The molecule has 3 heteroatoms. The Morgan fingerprint density at radius 2 is 1.77 bits per heavy atom. The van der Waals surface area contributed by atoms with E-state index in [0.29, 0.717) is 16.8 Å². The van der Waals surface area contributed by atoms with Gasteiger partial charge in [0.25, 0.3) is 0 Å². The number of benzene rings is 2. The van der Waals surface area contributed by atoms with E-state index in [-0.39, 0.29) is 11.4 Å². The summed E-state index contributed by atoms with van der Waals surface area (Å²) in [6.07, 6.45) is 0.277. The second-order valence-corrected chi connectivity index (χ2v) is 8.72. The third-order valence-corrected chi connectivity index (χ3v) is 5.14. The van der Waals surface area contributed by atoms with Gasteiger partial charge >= 0.3 is 0 Å². The summed E-state index contributed by atoms with van der Waals surface area (Å²) in [7, 11) is 0. The summed E-state index contributed by atoms with van der Waals surface area (Å²) in [5.74, 6) is 0. The second kappa shape index (κ2) is 7.35. The summed E-state index contributed by atoms with van der Waals surface area (Å²) in [5.41, 5.74) is 4.38. The van der Waals surface area contributed by atoms with Gasteiger partial charge in [-0.3, -0.25) is 4.98 Å². The first-order valence-electron chi connectivity index (χ1n) is 12.8. The smallest absolute Gasteiger partial charge is 0.227 e. The number of aromatic nitrogens is 2. The SMILES string of the molecule is [2H]C([2H])([2H])c1ccc2c(n1)oc1c(-c3cc(-c4ccc(C([2H])([2H])C(C)(C)C)cc4)ccn3)cccc12. The predicted octanol–water partition coefficient (Wildman–Crippen LogP) is 7.61. The summed E-state index contributed by atoms with van der Waals surface area (Å²) in [6, 6.07) is 20.4. The van der Waals surface area contributed by atoms with Crippen molar-refractivity contribution in [3.05, 3.63) is 84.2 Å². The molecule has 0 aliphatic carbocycles. The average Bonchev–Trinajstić information content (AvgIpc) is 3.21. The van der Waals surface area contributed by atoms with E-state index in [9.17, 15) is 0 Å². The van der Waals surface area contributed by atoms with Gasteiger partial charge in [-0.1, -0.05) is 57.2 Å². The molecule has 3 aromatic heterocycles. The number of fused-ring (bicyclic) bond motifs is 3. The highest BCUT2D eigenvalue weighted by Crippen LogP contribution is 2.35. The Kier molecular flexibility index (Phi) is 3.44. The maximum Gasteiger partial charge on any atom is 0.227 e. The van der Waals surface area contributed by atoms with Crippen molar-refractivity contribution in [1.82, 2.24) is 9.97 Å². The van der Waals surface area contributed by atoms with Crippen molar-refractivity contribution in [2.75, 3.05) is 0 Å². The lowest BCUT2D eigenvalue weighted by molar-refractivity contribution is 0.411. The van der Waals surface area contributed by atoms with Crippen LogP contribution in [-0.4, -0.2) is 9.97 Å². The second-order valence-electron chi connectivity index (χ2n) is 8.72. The van der Waals surface area contributed by atoms with Crippen molar-refractivity contribution < 1.29 is 11.3 Å². The van der Waals surface area contributed by atoms with Crippen molar-refractivity contribution in [3.8, 4) is 22.4 Å². The normalized spacial score (nSPS) is 15.3. The molecule has 3 nitrogen and oxygen atoms in total. The summed E-state index contributed by atoms with van der Waals surface area (Å²) in [4.78, 5) is 8.82. The number of rotatable bonds is 3. The molecular formula is C28H26N2O. The highest BCUT2D eigenvalue weighted by atomic mass is 16.3. The number of hydrogen-bond acceptors (Lipinski definition) is 3. The summed E-state index contributed by atoms with van der Waals surface area (Å²) in [6.45, 7) is 3.38. The van der Waals surface area contributed by atoms with Crippen molar-refractivity contribution in [3.63, 3.8) is 0 Å². The van der Waals surface area contributed by atoms with Gasteiger partial charge in [-0.2, -0.15) is 0 Å². The van der Waals surface area contributed by atoms with Gasteiger partial charge in [-0.05, 0) is 65.7 Å². The fraction of sp³-hybridized carbons (Fsp3) is 0.214. The highest BCUT2D eigenvalue weighted by Gasteiger charge is 2.15. The van der Waals surface area contributed by atoms with E-state index >= 15 is 0 Å². The van der Waals surface area contributed by atoms with Gasteiger partial charge in [0, 0.05) is 35.1 Å². The van der Waals surface area contributed by atoms with Crippen LogP contribution in [-0.2, 0) is 6.37 Å². The zero-order chi connectivity index (χ0) is 25.9. The molecule has 154 valence electrons. The van der Waals surface area contributed by atoms with Crippen LogP contribution < -0.4 is 0 Å². The van der Waals surface area contributed by atoms with Crippen LogP contribution in [0.15, 0.2) is 77.3 Å². The molecule has 5 rings (SSSR count). The Labute approximate surface area is 189 Å². The number of hydrogen-bond donors (Lipinski definition) is 0. The molecule has 3 heterocycles. The molecule has 0 aliphatic heterocycles. The third kappa shape index (κ3) is 3.84. The third-order valence-electron chi connectivity index (χ3n) is 5.14. The van der Waals surface area contributed by atoms with Gasteiger partial charge in [0.15, 0.2) is 0 Å². The van der Waals surface area contributed by atoms with E-state index in [4.69, 9.17) is 11.3 Å². The largest absolute Gasteiger partial charge is 0.437 e. The Hall–Kier alpha value is -3.46. The average molecular weight is 412 g/mol. The standard InChI is InChI=1S/C28H26N2O/c1-18-8-13-23-22-6-5-7-24(26(22)31-27(23)30-18)25-16-21(14-15-29-25)20-11-9-19(10-12-20)17-28(2,3)4/h5-16H,17H2,1-4H3/i1D3,17D2. The first-order chi connectivity index (χ1) is 16.9. The fourth-order valence-electron chi connectivity index (χ4n) is 3.82.